The fourth-order valence-electron chi connectivity index (χ4n) is 5.58. The van der Waals surface area contributed by atoms with Crippen LogP contribution in [0.3, 0.4) is 0 Å². The molecule has 2 aromatic heterocycles. The van der Waals surface area contributed by atoms with Gasteiger partial charge in [-0.1, -0.05) is 12.1 Å². The first-order valence-corrected chi connectivity index (χ1v) is 11.8. The first kappa shape index (κ1) is 22.6. The van der Waals surface area contributed by atoms with E-state index >= 15 is 0 Å². The fourth-order valence-corrected chi connectivity index (χ4v) is 5.58. The molecule has 0 spiro atoms. The molecule has 3 aromatic rings. The van der Waals surface area contributed by atoms with E-state index in [-0.39, 0.29) is 11.1 Å². The van der Waals surface area contributed by atoms with Crippen molar-refractivity contribution in [2.24, 2.45) is 0 Å². The van der Waals surface area contributed by atoms with Gasteiger partial charge in [0.1, 0.15) is 12.4 Å². The quantitative estimate of drug-likeness (QED) is 0.598. The summed E-state index contributed by atoms with van der Waals surface area (Å²) < 4.78 is 11.4. The van der Waals surface area contributed by atoms with E-state index < -0.39 is 0 Å². The van der Waals surface area contributed by atoms with Crippen LogP contribution in [-0.2, 0) is 6.61 Å². The van der Waals surface area contributed by atoms with Crippen LogP contribution in [0.25, 0.3) is 22.3 Å². The molecule has 2 aliphatic rings. The molecule has 0 bridgehead atoms. The van der Waals surface area contributed by atoms with Gasteiger partial charge >= 0.3 is 0 Å². The molecule has 1 saturated heterocycles. The molecular weight excluding hydrogens is 426 g/mol. The Labute approximate surface area is 201 Å². The lowest BCUT2D eigenvalue weighted by Crippen LogP contribution is -2.62. The number of nitrogens with zero attached hydrogens (tertiary/aromatic N) is 4. The van der Waals surface area contributed by atoms with E-state index in [0.717, 1.165) is 46.5 Å². The van der Waals surface area contributed by atoms with Gasteiger partial charge in [0.05, 0.1) is 13.3 Å². The topological polar surface area (TPSA) is 72.4 Å². The monoisotopic (exact) mass is 459 g/mol. The highest BCUT2D eigenvalue weighted by Crippen LogP contribution is 2.40. The lowest BCUT2D eigenvalue weighted by Gasteiger charge is -2.49. The number of hydrogen-bond acceptors (Lipinski definition) is 7. The highest BCUT2D eigenvalue weighted by molar-refractivity contribution is 5.78. The number of hydrogen-bond donors (Lipinski definition) is 1. The molecule has 5 rings (SSSR count). The van der Waals surface area contributed by atoms with Crippen molar-refractivity contribution in [3.05, 3.63) is 48.2 Å². The lowest BCUT2D eigenvalue weighted by atomic mass is 9.79. The third kappa shape index (κ3) is 4.32. The summed E-state index contributed by atoms with van der Waals surface area (Å²) in [7, 11) is 3.74. The Morgan fingerprint density at radius 1 is 1.00 bits per heavy atom. The van der Waals surface area contributed by atoms with Gasteiger partial charge in [0.2, 0.25) is 11.8 Å². The molecule has 34 heavy (non-hydrogen) atoms. The zero-order chi connectivity index (χ0) is 24.1. The third-order valence-electron chi connectivity index (χ3n) is 6.86. The number of rotatable bonds is 4. The Morgan fingerprint density at radius 3 is 2.47 bits per heavy atom. The molecule has 1 aromatic carbocycles. The second-order valence-electron chi connectivity index (χ2n) is 10.7. The lowest BCUT2D eigenvalue weighted by molar-refractivity contribution is 0.160. The molecule has 178 valence electrons. The molecule has 7 nitrogen and oxygen atoms in total. The van der Waals surface area contributed by atoms with E-state index in [1.165, 1.54) is 0 Å². The maximum atomic E-state index is 6.14. The summed E-state index contributed by atoms with van der Waals surface area (Å²) in [6.07, 6.45) is 3.87. The molecule has 0 radical (unpaired) electrons. The molecule has 0 atom stereocenters. The summed E-state index contributed by atoms with van der Waals surface area (Å²) in [5, 5.41) is 11.8. The van der Waals surface area contributed by atoms with Crippen LogP contribution < -0.4 is 19.7 Å². The van der Waals surface area contributed by atoms with E-state index in [0.29, 0.717) is 24.4 Å². The van der Waals surface area contributed by atoms with Crippen molar-refractivity contribution >= 4 is 5.82 Å². The highest BCUT2D eigenvalue weighted by Gasteiger charge is 2.39. The van der Waals surface area contributed by atoms with Crippen molar-refractivity contribution in [1.29, 1.82) is 0 Å². The largest absolute Gasteiger partial charge is 0.480 e. The standard InChI is InChI=1S/C27H33N5O2/c1-26(2)13-20(14-27(3,4)31-26)32(5)23-10-9-22-21-8-7-17(11-19(21)16-34-25(22)29-23)18-12-24(33-6)30-28-15-18/h7-12,15,20,31H,13-14,16H2,1-6H3. The van der Waals surface area contributed by atoms with Crippen molar-refractivity contribution in [2.45, 2.75) is 64.3 Å². The number of ether oxygens (including phenoxy) is 2. The molecule has 1 fully saturated rings. The van der Waals surface area contributed by atoms with Crippen molar-refractivity contribution in [3.63, 3.8) is 0 Å². The Balaban J connectivity index is 1.42. The van der Waals surface area contributed by atoms with Gasteiger partial charge in [0.25, 0.3) is 0 Å². The van der Waals surface area contributed by atoms with Crippen LogP contribution in [0.1, 0.15) is 46.1 Å². The van der Waals surface area contributed by atoms with Gasteiger partial charge in [-0.3, -0.25) is 0 Å². The number of anilines is 1. The minimum atomic E-state index is 0.0797. The van der Waals surface area contributed by atoms with Crippen LogP contribution in [-0.4, -0.2) is 46.5 Å². The molecule has 0 saturated carbocycles. The number of piperidine rings is 1. The molecule has 0 aliphatic carbocycles. The van der Waals surface area contributed by atoms with Crippen LogP contribution >= 0.6 is 0 Å². The minimum absolute atomic E-state index is 0.0797. The maximum absolute atomic E-state index is 6.14. The minimum Gasteiger partial charge on any atom is -0.480 e. The van der Waals surface area contributed by atoms with Gasteiger partial charge in [0, 0.05) is 41.4 Å². The third-order valence-corrected chi connectivity index (χ3v) is 6.86. The van der Waals surface area contributed by atoms with E-state index in [4.69, 9.17) is 14.5 Å². The smallest absolute Gasteiger partial charge is 0.233 e. The van der Waals surface area contributed by atoms with Crippen molar-refractivity contribution < 1.29 is 9.47 Å². The molecule has 1 N–H and O–H groups in total. The van der Waals surface area contributed by atoms with Crippen LogP contribution in [0.15, 0.2) is 42.6 Å². The van der Waals surface area contributed by atoms with E-state index in [9.17, 15) is 0 Å². The molecular formula is C27H33N5O2. The number of methoxy groups -OCH3 is 1. The molecule has 7 heteroatoms. The number of aromatic nitrogens is 3. The van der Waals surface area contributed by atoms with Gasteiger partial charge in [0.15, 0.2) is 0 Å². The summed E-state index contributed by atoms with van der Waals surface area (Å²) in [5.74, 6) is 2.15. The Hall–Kier alpha value is -3.19. The zero-order valence-electron chi connectivity index (χ0n) is 20.8. The van der Waals surface area contributed by atoms with Crippen LogP contribution in [0, 0.1) is 0 Å². The van der Waals surface area contributed by atoms with Gasteiger partial charge < -0.3 is 19.7 Å². The van der Waals surface area contributed by atoms with Crippen molar-refractivity contribution in [3.8, 4) is 34.0 Å². The van der Waals surface area contributed by atoms with Gasteiger partial charge in [-0.2, -0.15) is 10.1 Å². The highest BCUT2D eigenvalue weighted by atomic mass is 16.5. The first-order chi connectivity index (χ1) is 16.1. The number of pyridine rings is 1. The number of benzene rings is 1. The van der Waals surface area contributed by atoms with Crippen LogP contribution in [0.2, 0.25) is 0 Å². The summed E-state index contributed by atoms with van der Waals surface area (Å²) >= 11 is 0. The van der Waals surface area contributed by atoms with Crippen LogP contribution in [0.4, 0.5) is 5.82 Å². The van der Waals surface area contributed by atoms with Gasteiger partial charge in [-0.05, 0) is 75.4 Å². The zero-order valence-corrected chi connectivity index (χ0v) is 20.8. The molecule has 0 unspecified atom stereocenters. The predicted molar refractivity (Wildman–Crippen MR) is 134 cm³/mol. The van der Waals surface area contributed by atoms with Crippen molar-refractivity contribution in [1.82, 2.24) is 20.5 Å². The molecule has 4 heterocycles. The summed E-state index contributed by atoms with van der Waals surface area (Å²) in [6.45, 7) is 9.60. The second kappa shape index (κ2) is 8.24. The average molecular weight is 460 g/mol. The molecule has 2 aliphatic heterocycles. The summed E-state index contributed by atoms with van der Waals surface area (Å²) in [5.41, 5.74) is 5.49. The van der Waals surface area contributed by atoms with E-state index in [1.54, 1.807) is 13.3 Å². The van der Waals surface area contributed by atoms with E-state index in [2.05, 4.69) is 85.5 Å². The number of fused-ring (bicyclic) bond motifs is 3. The molecule has 0 amide bonds. The second-order valence-corrected chi connectivity index (χ2v) is 10.7. The normalized spacial score (nSPS) is 18.4. The van der Waals surface area contributed by atoms with Gasteiger partial charge in [-0.25, -0.2) is 0 Å². The fraction of sp³-hybridized carbons (Fsp3) is 0.444. The summed E-state index contributed by atoms with van der Waals surface area (Å²) in [4.78, 5) is 7.25. The van der Waals surface area contributed by atoms with Crippen molar-refractivity contribution in [2.75, 3.05) is 19.1 Å². The Kier molecular flexibility index (Phi) is 5.47. The van der Waals surface area contributed by atoms with E-state index in [1.807, 2.05) is 6.07 Å². The van der Waals surface area contributed by atoms with Gasteiger partial charge in [-0.15, -0.1) is 5.10 Å². The SMILES string of the molecule is COc1cc(-c2ccc3c(c2)COc2nc(N(C)C4CC(C)(C)NC(C)(C)C4)ccc2-3)cnn1. The van der Waals surface area contributed by atoms with Crippen LogP contribution in [0.5, 0.6) is 11.8 Å². The Morgan fingerprint density at radius 2 is 1.74 bits per heavy atom. The Bertz CT molecular complexity index is 1210. The first-order valence-electron chi connectivity index (χ1n) is 11.8. The number of nitrogens with one attached hydrogen (secondary N) is 1. The average Bonchev–Trinajstić information content (AvgIpc) is 2.80. The maximum Gasteiger partial charge on any atom is 0.233 e. The predicted octanol–water partition coefficient (Wildman–Crippen LogP) is 4.85. The summed E-state index contributed by atoms with van der Waals surface area (Å²) in [6, 6.07) is 12.9.